The predicted octanol–water partition coefficient (Wildman–Crippen LogP) is 4.81. The molecule has 162 valence electrons. The highest BCUT2D eigenvalue weighted by molar-refractivity contribution is 5.86. The van der Waals surface area contributed by atoms with Crippen LogP contribution in [0.5, 0.6) is 11.5 Å². The van der Waals surface area contributed by atoms with Crippen molar-refractivity contribution in [1.82, 2.24) is 0 Å². The number of hydrogen-bond donors (Lipinski definition) is 2. The molecule has 0 aliphatic heterocycles. The van der Waals surface area contributed by atoms with Gasteiger partial charge in [0.15, 0.2) is 11.5 Å². The Bertz CT molecular complexity index is 653. The second-order valence-corrected chi connectivity index (χ2v) is 7.29. The molecule has 0 saturated heterocycles. The molecule has 0 spiro atoms. The van der Waals surface area contributed by atoms with Crippen molar-refractivity contribution in [3.05, 3.63) is 35.9 Å². The largest absolute Gasteiger partial charge is 0.504 e. The molecule has 0 aliphatic carbocycles. The van der Waals surface area contributed by atoms with E-state index in [-0.39, 0.29) is 29.9 Å². The molecule has 29 heavy (non-hydrogen) atoms. The van der Waals surface area contributed by atoms with Crippen molar-refractivity contribution < 1.29 is 29.3 Å². The Labute approximate surface area is 173 Å². The smallest absolute Gasteiger partial charge is 0.333 e. The van der Waals surface area contributed by atoms with Crippen molar-refractivity contribution in [2.45, 2.75) is 71.1 Å². The lowest BCUT2D eigenvalue weighted by Gasteiger charge is -2.06. The van der Waals surface area contributed by atoms with E-state index in [9.17, 15) is 19.8 Å². The molecule has 0 bridgehead atoms. The number of unbranched alkanes of at least 4 members (excludes halogenated alkanes) is 7. The van der Waals surface area contributed by atoms with Crippen LogP contribution < -0.4 is 0 Å². The number of ether oxygens (including phenoxy) is 2. The summed E-state index contributed by atoms with van der Waals surface area (Å²) in [6.45, 7) is 6.09. The van der Waals surface area contributed by atoms with Gasteiger partial charge in [0.2, 0.25) is 0 Å². The van der Waals surface area contributed by atoms with Gasteiger partial charge in [-0.05, 0) is 43.9 Å². The third-order valence-corrected chi connectivity index (χ3v) is 4.54. The van der Waals surface area contributed by atoms with E-state index in [0.29, 0.717) is 25.2 Å². The maximum absolute atomic E-state index is 11.7. The summed E-state index contributed by atoms with van der Waals surface area (Å²) in [7, 11) is 0. The van der Waals surface area contributed by atoms with E-state index in [2.05, 4.69) is 6.58 Å². The van der Waals surface area contributed by atoms with Crippen LogP contribution >= 0.6 is 0 Å². The molecule has 0 atom stereocenters. The van der Waals surface area contributed by atoms with Gasteiger partial charge in [0.25, 0.3) is 0 Å². The molecular formula is C23H34O6. The zero-order valence-corrected chi connectivity index (χ0v) is 17.5. The Morgan fingerprint density at radius 3 is 1.97 bits per heavy atom. The summed E-state index contributed by atoms with van der Waals surface area (Å²) < 4.78 is 10.3. The second kappa shape index (κ2) is 14.5. The van der Waals surface area contributed by atoms with Crippen molar-refractivity contribution in [1.29, 1.82) is 0 Å². The Hall–Kier alpha value is -2.50. The highest BCUT2D eigenvalue weighted by atomic mass is 16.5. The van der Waals surface area contributed by atoms with Crippen molar-refractivity contribution in [2.75, 3.05) is 13.2 Å². The number of hydrogen-bond acceptors (Lipinski definition) is 6. The highest BCUT2D eigenvalue weighted by Crippen LogP contribution is 2.25. The lowest BCUT2D eigenvalue weighted by Crippen LogP contribution is -2.07. The molecule has 1 aromatic carbocycles. The quantitative estimate of drug-likeness (QED) is 0.188. The molecule has 0 aromatic heterocycles. The third kappa shape index (κ3) is 11.8. The second-order valence-electron chi connectivity index (χ2n) is 7.29. The van der Waals surface area contributed by atoms with Gasteiger partial charge in [0.05, 0.1) is 13.2 Å². The first kappa shape index (κ1) is 24.5. The van der Waals surface area contributed by atoms with Gasteiger partial charge >= 0.3 is 11.9 Å². The van der Waals surface area contributed by atoms with Gasteiger partial charge in [0, 0.05) is 12.0 Å². The van der Waals surface area contributed by atoms with Crippen molar-refractivity contribution in [3.8, 4) is 11.5 Å². The predicted molar refractivity (Wildman–Crippen MR) is 112 cm³/mol. The van der Waals surface area contributed by atoms with Crippen LogP contribution in [0.15, 0.2) is 30.4 Å². The summed E-state index contributed by atoms with van der Waals surface area (Å²) in [4.78, 5) is 22.9. The Balaban J connectivity index is 1.90. The van der Waals surface area contributed by atoms with Gasteiger partial charge in [-0.15, -0.1) is 0 Å². The summed E-state index contributed by atoms with van der Waals surface area (Å²) in [5.74, 6) is -0.905. The summed E-state index contributed by atoms with van der Waals surface area (Å²) >= 11 is 0. The first-order valence-electron chi connectivity index (χ1n) is 10.4. The molecule has 0 unspecified atom stereocenters. The number of benzene rings is 1. The van der Waals surface area contributed by atoms with Crippen LogP contribution in [0.1, 0.15) is 70.3 Å². The van der Waals surface area contributed by atoms with Crippen molar-refractivity contribution in [2.24, 2.45) is 0 Å². The molecule has 0 amide bonds. The van der Waals surface area contributed by atoms with E-state index >= 15 is 0 Å². The van der Waals surface area contributed by atoms with E-state index in [4.69, 9.17) is 9.47 Å². The van der Waals surface area contributed by atoms with Gasteiger partial charge in [0.1, 0.15) is 0 Å². The van der Waals surface area contributed by atoms with Gasteiger partial charge in [-0.2, -0.15) is 0 Å². The summed E-state index contributed by atoms with van der Waals surface area (Å²) in [5.41, 5.74) is 1.22. The number of aryl methyl sites for hydroxylation is 1. The van der Waals surface area contributed by atoms with Crippen molar-refractivity contribution in [3.63, 3.8) is 0 Å². The highest BCUT2D eigenvalue weighted by Gasteiger charge is 2.06. The normalized spacial score (nSPS) is 10.5. The summed E-state index contributed by atoms with van der Waals surface area (Å²) in [5, 5.41) is 18.7. The lowest BCUT2D eigenvalue weighted by molar-refractivity contribution is -0.143. The number of carbonyl (C=O) groups is 2. The monoisotopic (exact) mass is 406 g/mol. The van der Waals surface area contributed by atoms with E-state index in [1.165, 1.54) is 12.1 Å². The fraction of sp³-hybridized carbons (Fsp3) is 0.565. The molecule has 0 aliphatic rings. The molecule has 1 rings (SSSR count). The van der Waals surface area contributed by atoms with Crippen LogP contribution in [0.2, 0.25) is 0 Å². The number of phenols is 2. The summed E-state index contributed by atoms with van der Waals surface area (Å²) in [6.07, 6.45) is 9.14. The molecule has 6 heteroatoms. The minimum Gasteiger partial charge on any atom is -0.504 e. The molecule has 0 heterocycles. The first-order valence-corrected chi connectivity index (χ1v) is 10.4. The number of rotatable bonds is 15. The van der Waals surface area contributed by atoms with Crippen LogP contribution in [-0.2, 0) is 25.5 Å². The van der Waals surface area contributed by atoms with Crippen LogP contribution in [0, 0.1) is 0 Å². The minimum absolute atomic E-state index is 0.166. The first-order chi connectivity index (χ1) is 13.9. The van der Waals surface area contributed by atoms with Gasteiger partial charge < -0.3 is 19.7 Å². The lowest BCUT2D eigenvalue weighted by atomic mass is 10.1. The minimum atomic E-state index is -0.314. The van der Waals surface area contributed by atoms with Crippen LogP contribution in [0.3, 0.4) is 0 Å². The molecule has 2 N–H and O–H groups in total. The molecule has 0 radical (unpaired) electrons. The summed E-state index contributed by atoms with van der Waals surface area (Å²) in [6, 6.07) is 4.54. The molecule has 1 aromatic rings. The van der Waals surface area contributed by atoms with Gasteiger partial charge in [-0.3, -0.25) is 4.79 Å². The Kier molecular flexibility index (Phi) is 12.3. The van der Waals surface area contributed by atoms with Crippen LogP contribution in [0.4, 0.5) is 0 Å². The van der Waals surface area contributed by atoms with Gasteiger partial charge in [-0.1, -0.05) is 51.2 Å². The molecule has 0 saturated carbocycles. The fourth-order valence-electron chi connectivity index (χ4n) is 2.78. The Morgan fingerprint density at radius 1 is 0.862 bits per heavy atom. The van der Waals surface area contributed by atoms with E-state index < -0.39 is 0 Å². The van der Waals surface area contributed by atoms with E-state index in [1.807, 2.05) is 0 Å². The molecule has 6 nitrogen and oxygen atoms in total. The van der Waals surface area contributed by atoms with E-state index in [1.54, 1.807) is 13.0 Å². The number of phenolic OH excluding ortho intramolecular Hbond substituents is 2. The SMILES string of the molecule is C=C(C)C(=O)OCCCCCCCCCCOC(=O)CCc1ccc(O)c(O)c1. The maximum atomic E-state index is 11.7. The number of carbonyl (C=O) groups excluding carboxylic acids is 2. The van der Waals surface area contributed by atoms with Crippen molar-refractivity contribution >= 4 is 11.9 Å². The number of aromatic hydroxyl groups is 2. The zero-order chi connectivity index (χ0) is 21.5. The Morgan fingerprint density at radius 2 is 1.41 bits per heavy atom. The third-order valence-electron chi connectivity index (χ3n) is 4.54. The van der Waals surface area contributed by atoms with Crippen LogP contribution in [0.25, 0.3) is 0 Å². The average molecular weight is 407 g/mol. The standard InChI is InChI=1S/C23H34O6/c1-18(2)23(27)29-16-10-8-6-4-3-5-7-9-15-28-22(26)14-12-19-11-13-20(24)21(25)17-19/h11,13,17,24-25H,1,3-10,12,14-16H2,2H3. The number of esters is 2. The zero-order valence-electron chi connectivity index (χ0n) is 17.5. The topological polar surface area (TPSA) is 93.1 Å². The van der Waals surface area contributed by atoms with Crippen LogP contribution in [-0.4, -0.2) is 35.4 Å². The molecule has 0 fully saturated rings. The van der Waals surface area contributed by atoms with Gasteiger partial charge in [-0.25, -0.2) is 4.79 Å². The fourth-order valence-corrected chi connectivity index (χ4v) is 2.78. The average Bonchev–Trinajstić information content (AvgIpc) is 2.69. The maximum Gasteiger partial charge on any atom is 0.333 e. The van der Waals surface area contributed by atoms with E-state index in [0.717, 1.165) is 56.9 Å². The molecular weight excluding hydrogens is 372 g/mol.